The van der Waals surface area contributed by atoms with Crippen LogP contribution in [0, 0.1) is 5.92 Å². The predicted molar refractivity (Wildman–Crippen MR) is 86.1 cm³/mol. The van der Waals surface area contributed by atoms with Crippen LogP contribution >= 0.6 is 11.8 Å². The molecule has 0 radical (unpaired) electrons. The van der Waals surface area contributed by atoms with Crippen molar-refractivity contribution in [3.8, 4) is 0 Å². The molecule has 0 spiro atoms. The highest BCUT2D eigenvalue weighted by Gasteiger charge is 2.37. The first kappa shape index (κ1) is 16.6. The molecule has 0 aromatic heterocycles. The van der Waals surface area contributed by atoms with Gasteiger partial charge in [0, 0.05) is 37.3 Å². The summed E-state index contributed by atoms with van der Waals surface area (Å²) in [5.74, 6) is 1.91. The van der Waals surface area contributed by atoms with E-state index in [4.69, 9.17) is 0 Å². The largest absolute Gasteiger partial charge is 0.350 e. The number of rotatable bonds is 4. The highest BCUT2D eigenvalue weighted by Crippen LogP contribution is 2.23. The molecule has 1 N–H and O–H groups in total. The van der Waals surface area contributed by atoms with Gasteiger partial charge in [0.05, 0.1) is 5.88 Å². The van der Waals surface area contributed by atoms with Crippen LogP contribution in [0.5, 0.6) is 0 Å². The number of carbonyl (C=O) groups excluding carboxylic acids is 2. The summed E-state index contributed by atoms with van der Waals surface area (Å²) in [6.07, 6.45) is 0.464. The molecular formula is C15H27N3O2S. The van der Waals surface area contributed by atoms with Crippen LogP contribution in [0.1, 0.15) is 34.1 Å². The third-order valence-corrected chi connectivity index (χ3v) is 5.52. The predicted octanol–water partition coefficient (Wildman–Crippen LogP) is 1.14. The summed E-state index contributed by atoms with van der Waals surface area (Å²) >= 11 is 1.66. The number of hydrogen-bond donors (Lipinski definition) is 1. The second kappa shape index (κ2) is 7.01. The van der Waals surface area contributed by atoms with E-state index in [1.54, 1.807) is 16.7 Å². The van der Waals surface area contributed by atoms with E-state index in [2.05, 4.69) is 31.0 Å². The molecule has 3 unspecified atom stereocenters. The van der Waals surface area contributed by atoms with Crippen LogP contribution in [0.3, 0.4) is 0 Å². The monoisotopic (exact) mass is 313 g/mol. The number of nitrogens with one attached hydrogen (secondary N) is 1. The Hall–Kier alpha value is -0.750. The molecule has 3 atom stereocenters. The van der Waals surface area contributed by atoms with Crippen molar-refractivity contribution in [1.29, 1.82) is 0 Å². The quantitative estimate of drug-likeness (QED) is 0.846. The summed E-state index contributed by atoms with van der Waals surface area (Å²) in [5, 5.41) is 3.18. The van der Waals surface area contributed by atoms with Gasteiger partial charge in [-0.1, -0.05) is 13.8 Å². The molecular weight excluding hydrogens is 286 g/mol. The lowest BCUT2D eigenvalue weighted by Gasteiger charge is -2.25. The molecule has 0 aromatic rings. The number of hydrogen-bond acceptors (Lipinski definition) is 4. The Morgan fingerprint density at radius 1 is 1.33 bits per heavy atom. The zero-order valence-corrected chi connectivity index (χ0v) is 14.3. The second-order valence-electron chi connectivity index (χ2n) is 6.37. The van der Waals surface area contributed by atoms with E-state index in [-0.39, 0.29) is 23.9 Å². The van der Waals surface area contributed by atoms with Gasteiger partial charge in [0.2, 0.25) is 11.8 Å². The normalized spacial score (nSPS) is 30.1. The third-order valence-electron chi connectivity index (χ3n) is 4.51. The van der Waals surface area contributed by atoms with E-state index in [1.807, 2.05) is 6.92 Å². The number of carbonyl (C=O) groups is 2. The summed E-state index contributed by atoms with van der Waals surface area (Å²) in [4.78, 5) is 28.5. The second-order valence-corrected chi connectivity index (χ2v) is 7.37. The summed E-state index contributed by atoms with van der Waals surface area (Å²) in [5.41, 5.74) is 0. The Balaban J connectivity index is 1.93. The fourth-order valence-electron chi connectivity index (χ4n) is 3.00. The van der Waals surface area contributed by atoms with E-state index in [0.29, 0.717) is 30.0 Å². The van der Waals surface area contributed by atoms with E-state index in [0.717, 1.165) is 13.1 Å². The van der Waals surface area contributed by atoms with Crippen molar-refractivity contribution in [2.75, 3.05) is 24.7 Å². The van der Waals surface area contributed by atoms with Gasteiger partial charge >= 0.3 is 0 Å². The van der Waals surface area contributed by atoms with Crippen molar-refractivity contribution in [3.63, 3.8) is 0 Å². The average molecular weight is 313 g/mol. The van der Waals surface area contributed by atoms with Crippen molar-refractivity contribution in [2.24, 2.45) is 5.92 Å². The van der Waals surface area contributed by atoms with Gasteiger partial charge in [-0.2, -0.15) is 0 Å². The molecule has 0 saturated carbocycles. The first-order valence-electron chi connectivity index (χ1n) is 7.85. The minimum absolute atomic E-state index is 0.0178. The number of amides is 2. The summed E-state index contributed by atoms with van der Waals surface area (Å²) in [7, 11) is 0. The molecule has 120 valence electrons. The molecule has 2 heterocycles. The lowest BCUT2D eigenvalue weighted by atomic mass is 10.1. The molecule has 0 aliphatic carbocycles. The van der Waals surface area contributed by atoms with Crippen molar-refractivity contribution < 1.29 is 9.59 Å². The first-order chi connectivity index (χ1) is 9.93. The zero-order valence-electron chi connectivity index (χ0n) is 13.5. The minimum Gasteiger partial charge on any atom is -0.350 e. The Labute approximate surface area is 131 Å². The smallest absolute Gasteiger partial charge is 0.243 e. The Morgan fingerprint density at radius 2 is 2.05 bits per heavy atom. The molecule has 0 aromatic carbocycles. The molecule has 0 bridgehead atoms. The molecule has 2 aliphatic rings. The van der Waals surface area contributed by atoms with Crippen LogP contribution in [-0.2, 0) is 9.59 Å². The van der Waals surface area contributed by atoms with Gasteiger partial charge in [-0.25, -0.2) is 0 Å². The molecule has 2 rings (SSSR count). The molecule has 2 amide bonds. The molecule has 5 nitrogen and oxygen atoms in total. The number of nitrogens with zero attached hydrogens (tertiary/aromatic N) is 2. The van der Waals surface area contributed by atoms with Crippen molar-refractivity contribution in [1.82, 2.24) is 15.1 Å². The fourth-order valence-corrected chi connectivity index (χ4v) is 4.18. The zero-order chi connectivity index (χ0) is 15.6. The summed E-state index contributed by atoms with van der Waals surface area (Å²) in [6.45, 7) is 10.3. The maximum Gasteiger partial charge on any atom is 0.243 e. The van der Waals surface area contributed by atoms with E-state index < -0.39 is 0 Å². The van der Waals surface area contributed by atoms with Crippen molar-refractivity contribution in [3.05, 3.63) is 0 Å². The van der Waals surface area contributed by atoms with Gasteiger partial charge in [-0.3, -0.25) is 14.5 Å². The van der Waals surface area contributed by atoms with E-state index in [1.165, 1.54) is 0 Å². The van der Waals surface area contributed by atoms with E-state index >= 15 is 0 Å². The maximum absolute atomic E-state index is 12.5. The van der Waals surface area contributed by atoms with Gasteiger partial charge in [0.15, 0.2) is 0 Å². The minimum atomic E-state index is -0.289. The third kappa shape index (κ3) is 3.72. The lowest BCUT2D eigenvalue weighted by Crippen LogP contribution is -2.51. The molecule has 2 fully saturated rings. The molecule has 2 saturated heterocycles. The lowest BCUT2D eigenvalue weighted by molar-refractivity contribution is -0.138. The highest BCUT2D eigenvalue weighted by molar-refractivity contribution is 7.99. The molecule has 6 heteroatoms. The molecule has 21 heavy (non-hydrogen) atoms. The van der Waals surface area contributed by atoms with Crippen LogP contribution in [0.15, 0.2) is 0 Å². The van der Waals surface area contributed by atoms with Crippen LogP contribution in [0.4, 0.5) is 0 Å². The Kier molecular flexibility index (Phi) is 5.54. The number of thioether (sulfide) groups is 1. The Bertz CT molecular complexity index is 402. The fraction of sp³-hybridized carbons (Fsp3) is 0.867. The summed E-state index contributed by atoms with van der Waals surface area (Å²) in [6, 6.07) is 0.418. The van der Waals surface area contributed by atoms with Gasteiger partial charge in [0.25, 0.3) is 0 Å². The van der Waals surface area contributed by atoms with Crippen LogP contribution in [0.2, 0.25) is 0 Å². The SMILES string of the molecule is CCC(=O)N1CSCC1C(=O)NC1CN(C(C)C)CC1C. The van der Waals surface area contributed by atoms with E-state index in [9.17, 15) is 9.59 Å². The Morgan fingerprint density at radius 3 is 2.62 bits per heavy atom. The van der Waals surface area contributed by atoms with Crippen molar-refractivity contribution >= 4 is 23.6 Å². The summed E-state index contributed by atoms with van der Waals surface area (Å²) < 4.78 is 0. The van der Waals surface area contributed by atoms with Crippen LogP contribution < -0.4 is 5.32 Å². The topological polar surface area (TPSA) is 52.7 Å². The molecule has 2 aliphatic heterocycles. The first-order valence-corrected chi connectivity index (χ1v) is 9.01. The number of likely N-dealkylation sites (tertiary alicyclic amines) is 1. The van der Waals surface area contributed by atoms with Gasteiger partial charge in [-0.15, -0.1) is 11.8 Å². The van der Waals surface area contributed by atoms with Crippen LogP contribution in [0.25, 0.3) is 0 Å². The van der Waals surface area contributed by atoms with Gasteiger partial charge in [0.1, 0.15) is 6.04 Å². The average Bonchev–Trinajstić information content (AvgIpc) is 3.05. The maximum atomic E-state index is 12.5. The standard InChI is InChI=1S/C15H27N3O2S/c1-5-14(19)18-9-21-8-13(18)15(20)16-12-7-17(10(2)3)6-11(12)4/h10-13H,5-9H2,1-4H3,(H,16,20). The van der Waals surface area contributed by atoms with Gasteiger partial charge < -0.3 is 10.2 Å². The van der Waals surface area contributed by atoms with Gasteiger partial charge in [-0.05, 0) is 19.8 Å². The highest BCUT2D eigenvalue weighted by atomic mass is 32.2. The van der Waals surface area contributed by atoms with Crippen LogP contribution in [-0.4, -0.2) is 64.5 Å². The van der Waals surface area contributed by atoms with Crippen molar-refractivity contribution in [2.45, 2.75) is 52.2 Å².